The van der Waals surface area contributed by atoms with Gasteiger partial charge in [0.15, 0.2) is 17.4 Å². The van der Waals surface area contributed by atoms with Crippen molar-refractivity contribution in [3.8, 4) is 5.88 Å². The maximum Gasteiger partial charge on any atom is 0.410 e. The standard InChI is InChI=1S/C64H84N12O21P2/c1-39(2)54(70-50(77)13-7-6-10-22-75-52(78)18-19-53(75)79)60(82)68-41(4)58(80)69-45-16-14-42(15-17-45)34-91-64(84)74(23-24-88-27-28-90-30-29-89-26-25-87-5)33-43-11-8-9-12-47(43)59(81)72-63-71-57-55(61(83)73-63)67-38-76(57)62-56-40(3)49(95-62)36-93-98(85)96-48-32-46(94-51-20-21-65-37-66-51)31-44(48)35-92-99(86)97-56/h8-9,11-12,14-21,37-41,44,46,48-49,54,56,62,98-99H,6-7,10,13,22-36H2,1-5H3,(H,68,82)(H,69,80)(H,70,77)(H2,71,72,73,81,83)/t40?,41-,44+,46+,48-,49+,54-,56+,62+/m0/s1. The lowest BCUT2D eigenvalue weighted by atomic mass is 10.0. The minimum absolute atomic E-state index is 0.00268. The Morgan fingerprint density at radius 2 is 1.51 bits per heavy atom. The van der Waals surface area contributed by atoms with Gasteiger partial charge in [0.2, 0.25) is 29.5 Å². The number of fused-ring (bicyclic) bond motifs is 4. The smallest absolute Gasteiger partial charge is 0.410 e. The molecule has 33 nitrogen and oxygen atoms in total. The van der Waals surface area contributed by atoms with Gasteiger partial charge in [-0.3, -0.25) is 62.5 Å². The van der Waals surface area contributed by atoms with Gasteiger partial charge in [-0.1, -0.05) is 57.5 Å². The maximum atomic E-state index is 14.4. The number of carbonyl (C=O) groups excluding carboxylic acids is 7. The van der Waals surface area contributed by atoms with Gasteiger partial charge in [-0.2, -0.15) is 4.98 Å². The number of hydrogen-bond donors (Lipinski definition) is 5. The van der Waals surface area contributed by atoms with Gasteiger partial charge in [-0.25, -0.2) is 19.7 Å². The molecule has 5 N–H and O–H groups in total. The Balaban J connectivity index is 0.807. The summed E-state index contributed by atoms with van der Waals surface area (Å²) in [5.74, 6) is -4.10. The molecule has 11 atom stereocenters. The van der Waals surface area contributed by atoms with Crippen molar-refractivity contribution in [2.45, 2.75) is 122 Å². The molecular formula is C64H84N12O21P2. The minimum Gasteiger partial charge on any atom is -0.474 e. The van der Waals surface area contributed by atoms with Crippen LogP contribution in [0.3, 0.4) is 0 Å². The molecule has 3 aromatic heterocycles. The molecule has 6 heterocycles. The van der Waals surface area contributed by atoms with Crippen molar-refractivity contribution >= 4 is 80.8 Å². The van der Waals surface area contributed by atoms with E-state index in [0.717, 1.165) is 4.90 Å². The predicted molar refractivity (Wildman–Crippen MR) is 353 cm³/mol. The summed E-state index contributed by atoms with van der Waals surface area (Å²) in [6.45, 7) is 8.40. The highest BCUT2D eigenvalue weighted by Gasteiger charge is 2.47. The van der Waals surface area contributed by atoms with Crippen molar-refractivity contribution in [1.29, 1.82) is 0 Å². The van der Waals surface area contributed by atoms with E-state index in [1.807, 2.05) is 0 Å². The molecule has 4 aliphatic rings. The van der Waals surface area contributed by atoms with Gasteiger partial charge < -0.3 is 72.1 Å². The molecular weight excluding hydrogens is 1330 g/mol. The fraction of sp³-hybridized carbons (Fsp3) is 0.531. The number of carbonyl (C=O) groups is 7. The van der Waals surface area contributed by atoms with Crippen LogP contribution in [0.15, 0.2) is 90.4 Å². The topological polar surface area (TPSA) is 399 Å². The number of H-pyrrole nitrogens is 1. The minimum atomic E-state index is -3.25. The maximum absolute atomic E-state index is 14.4. The van der Waals surface area contributed by atoms with Crippen LogP contribution >= 0.6 is 16.5 Å². The molecule has 5 aromatic rings. The Morgan fingerprint density at radius 3 is 2.23 bits per heavy atom. The summed E-state index contributed by atoms with van der Waals surface area (Å²) in [6, 6.07) is 12.6. The molecule has 2 bridgehead atoms. The van der Waals surface area contributed by atoms with Crippen LogP contribution in [0.5, 0.6) is 5.88 Å². The van der Waals surface area contributed by atoms with Gasteiger partial charge in [-0.15, -0.1) is 0 Å². The van der Waals surface area contributed by atoms with Gasteiger partial charge in [-0.05, 0) is 61.4 Å². The first kappa shape index (κ1) is 75.0. The number of hydrogen-bond acceptors (Lipinski definition) is 25. The summed E-state index contributed by atoms with van der Waals surface area (Å²) < 4.78 is 92.2. The Bertz CT molecular complexity index is 3700. The fourth-order valence-electron chi connectivity index (χ4n) is 11.3. The average Bonchev–Trinajstić information content (AvgIpc) is 1.62. The van der Waals surface area contributed by atoms with Crippen LogP contribution in [0.2, 0.25) is 0 Å². The molecule has 3 unspecified atom stereocenters. The van der Waals surface area contributed by atoms with E-state index < -0.39 is 94.3 Å². The molecule has 0 spiro atoms. The number of imide groups is 1. The summed E-state index contributed by atoms with van der Waals surface area (Å²) in [4.78, 5) is 127. The lowest BCUT2D eigenvalue weighted by molar-refractivity contribution is -0.137. The summed E-state index contributed by atoms with van der Waals surface area (Å²) in [5, 5.41) is 10.9. The molecule has 3 fully saturated rings. The van der Waals surface area contributed by atoms with Gasteiger partial charge in [0, 0.05) is 87.1 Å². The predicted octanol–water partition coefficient (Wildman–Crippen LogP) is 5.05. The van der Waals surface area contributed by atoms with E-state index in [-0.39, 0.29) is 118 Å². The second kappa shape index (κ2) is 37.3. The Labute approximate surface area is 571 Å². The lowest BCUT2D eigenvalue weighted by Crippen LogP contribution is -2.53. The van der Waals surface area contributed by atoms with Crippen molar-refractivity contribution in [2.75, 3.05) is 90.3 Å². The van der Waals surface area contributed by atoms with Crippen LogP contribution in [0, 0.1) is 17.8 Å². The van der Waals surface area contributed by atoms with Crippen LogP contribution in [-0.4, -0.2) is 197 Å². The monoisotopic (exact) mass is 1420 g/mol. The number of benzene rings is 2. The highest BCUT2D eigenvalue weighted by Crippen LogP contribution is 2.46. The van der Waals surface area contributed by atoms with Crippen LogP contribution in [0.25, 0.3) is 11.2 Å². The van der Waals surface area contributed by atoms with Gasteiger partial charge in [0.1, 0.15) is 37.2 Å². The van der Waals surface area contributed by atoms with Crippen LogP contribution in [0.1, 0.15) is 93.9 Å². The fourth-order valence-corrected chi connectivity index (χ4v) is 13.1. The molecule has 7 amide bonds. The van der Waals surface area contributed by atoms with Crippen LogP contribution < -0.4 is 31.6 Å². The van der Waals surface area contributed by atoms with E-state index >= 15 is 0 Å². The number of amides is 7. The first-order valence-electron chi connectivity index (χ1n) is 32.6. The van der Waals surface area contributed by atoms with Gasteiger partial charge in [0.05, 0.1) is 78.0 Å². The van der Waals surface area contributed by atoms with E-state index in [1.54, 1.807) is 82.6 Å². The summed E-state index contributed by atoms with van der Waals surface area (Å²) in [6.07, 6.45) is 4.34. The number of unbranched alkanes of at least 4 members (excludes halogenated alkanes) is 2. The molecule has 1 saturated carbocycles. The zero-order valence-corrected chi connectivity index (χ0v) is 57.5. The second-order valence-electron chi connectivity index (χ2n) is 24.1. The van der Waals surface area contributed by atoms with Crippen molar-refractivity contribution in [3.63, 3.8) is 0 Å². The number of ether oxygens (including phenoxy) is 7. The third-order valence-electron chi connectivity index (χ3n) is 16.7. The molecule has 99 heavy (non-hydrogen) atoms. The number of rotatable bonds is 33. The Morgan fingerprint density at radius 1 is 0.788 bits per heavy atom. The normalized spacial score (nSPS) is 22.2. The second-order valence-corrected chi connectivity index (χ2v) is 26.2. The highest BCUT2D eigenvalue weighted by molar-refractivity contribution is 7.33. The van der Waals surface area contributed by atoms with Crippen molar-refractivity contribution in [3.05, 3.63) is 113 Å². The first-order chi connectivity index (χ1) is 47.8. The number of anilines is 2. The zero-order chi connectivity index (χ0) is 70.4. The third-order valence-corrected chi connectivity index (χ3v) is 18.4. The molecule has 35 heteroatoms. The number of methoxy groups -OCH3 is 1. The van der Waals surface area contributed by atoms with Crippen molar-refractivity contribution < 1.29 is 93.9 Å². The largest absolute Gasteiger partial charge is 0.474 e. The summed E-state index contributed by atoms with van der Waals surface area (Å²) >= 11 is 0. The first-order valence-corrected chi connectivity index (χ1v) is 35.0. The number of aromatic nitrogens is 6. The third kappa shape index (κ3) is 21.7. The van der Waals surface area contributed by atoms with E-state index in [1.165, 1.54) is 47.3 Å². The number of imidazole rings is 1. The Kier molecular flexibility index (Phi) is 28.3. The van der Waals surface area contributed by atoms with E-state index in [0.29, 0.717) is 81.2 Å². The number of nitrogens with one attached hydrogen (secondary N) is 5. The quantitative estimate of drug-likeness (QED) is 0.0208. The van der Waals surface area contributed by atoms with Crippen molar-refractivity contribution in [2.24, 2.45) is 17.8 Å². The molecule has 3 aliphatic heterocycles. The lowest BCUT2D eigenvalue weighted by Gasteiger charge is -2.24. The molecule has 0 radical (unpaired) electrons. The number of nitrogens with zero attached hydrogens (tertiary/aromatic N) is 7. The molecule has 2 aromatic carbocycles. The van der Waals surface area contributed by atoms with E-state index in [9.17, 15) is 47.5 Å². The van der Waals surface area contributed by atoms with Crippen LogP contribution in [0.4, 0.5) is 16.4 Å². The zero-order valence-electron chi connectivity index (χ0n) is 55.5. The average molecular weight is 1420 g/mol. The van der Waals surface area contributed by atoms with Crippen LogP contribution in [-0.2, 0) is 92.8 Å². The van der Waals surface area contributed by atoms with E-state index in [2.05, 4.69) is 46.2 Å². The molecule has 536 valence electrons. The highest BCUT2D eigenvalue weighted by atomic mass is 31.1. The summed E-state index contributed by atoms with van der Waals surface area (Å²) in [5.41, 5.74) is 0.482. The SMILES string of the molecule is COCCOCCOCCOCCN(Cc1ccccc1C(=O)Nc1nc2c(ncn2[C@@H]2O[C@@H]3CO[PH](=O)O[C@H]4C[C@H](Oc5ccncn5)C[C@@H]4CO[PH](=O)O[C@@H]2C3C)c(=O)[nH]1)C(=O)OCc1ccc(NC(=O)[C@H](C)NC(=O)[C@@H](NC(=O)CCCCCN2C(=O)C=CC2=O)C(C)C)cc1. The molecule has 2 saturated heterocycles. The van der Waals surface area contributed by atoms with Crippen molar-refractivity contribution in [1.82, 2.24) is 49.9 Å². The van der Waals surface area contributed by atoms with Gasteiger partial charge >= 0.3 is 22.6 Å². The molecule has 1 aliphatic carbocycles. The van der Waals surface area contributed by atoms with Gasteiger partial charge in [0.25, 0.3) is 23.3 Å². The Hall–Kier alpha value is -8.20. The number of aromatic amines is 1. The van der Waals surface area contributed by atoms with E-state index in [4.69, 9.17) is 51.3 Å². The summed E-state index contributed by atoms with van der Waals surface area (Å²) in [7, 11) is -4.79. The molecule has 9 rings (SSSR count).